The molecule has 1 aliphatic carbocycles. The van der Waals surface area contributed by atoms with Crippen LogP contribution in [0.3, 0.4) is 0 Å². The number of nitrogens with one attached hydrogen (secondary N) is 2. The molecule has 6 nitrogen and oxygen atoms in total. The average Bonchev–Trinajstić information content (AvgIpc) is 3.36. The van der Waals surface area contributed by atoms with Crippen LogP contribution >= 0.6 is 0 Å². The maximum atomic E-state index is 12.2. The molecule has 0 spiro atoms. The number of hydrogen-bond acceptors (Lipinski definition) is 3. The third kappa shape index (κ3) is 4.71. The van der Waals surface area contributed by atoms with Crippen LogP contribution in [0, 0.1) is 5.92 Å². The molecule has 0 saturated heterocycles. The van der Waals surface area contributed by atoms with E-state index in [9.17, 15) is 9.59 Å². The van der Waals surface area contributed by atoms with Gasteiger partial charge in [0, 0.05) is 24.9 Å². The van der Waals surface area contributed by atoms with Crippen molar-refractivity contribution in [1.82, 2.24) is 20.4 Å². The molecule has 3 rings (SSSR count). The van der Waals surface area contributed by atoms with Crippen molar-refractivity contribution in [1.29, 1.82) is 0 Å². The molecule has 1 aliphatic rings. The Balaban J connectivity index is 1.40. The molecule has 1 aromatic carbocycles. The molecular weight excluding hydrogens is 328 g/mol. The summed E-state index contributed by atoms with van der Waals surface area (Å²) in [5, 5.41) is 9.93. The van der Waals surface area contributed by atoms with Gasteiger partial charge in [-0.25, -0.2) is 4.68 Å². The molecule has 0 aliphatic heterocycles. The number of carbonyl (C=O) groups is 2. The minimum Gasteiger partial charge on any atom is -0.354 e. The van der Waals surface area contributed by atoms with E-state index < -0.39 is 6.04 Å². The molecule has 6 heteroatoms. The van der Waals surface area contributed by atoms with E-state index >= 15 is 0 Å². The standard InChI is InChI=1S/C20H26N4O2/c1-15(23-20(26)17-5-2-3-6-17)19(25)21-13-11-16-7-9-18(10-8-16)24-14-4-12-22-24/h4,7-10,12,14-15,17H,2-3,5-6,11,13H2,1H3,(H,21,25)(H,23,26)/t15-/m1/s1. The Morgan fingerprint density at radius 3 is 2.62 bits per heavy atom. The fraction of sp³-hybridized carbons (Fsp3) is 0.450. The highest BCUT2D eigenvalue weighted by Gasteiger charge is 2.25. The average molecular weight is 354 g/mol. The fourth-order valence-corrected chi connectivity index (χ4v) is 3.30. The van der Waals surface area contributed by atoms with Crippen molar-refractivity contribution in [2.24, 2.45) is 5.92 Å². The number of carbonyl (C=O) groups excluding carboxylic acids is 2. The SMILES string of the molecule is C[C@@H](NC(=O)C1CCCC1)C(=O)NCCc1ccc(-n2cccn2)cc1. The number of rotatable bonds is 7. The lowest BCUT2D eigenvalue weighted by Crippen LogP contribution is -2.46. The maximum Gasteiger partial charge on any atom is 0.242 e. The molecule has 1 aromatic heterocycles. The number of amides is 2. The predicted octanol–water partition coefficient (Wildman–Crippen LogP) is 2.23. The zero-order valence-electron chi connectivity index (χ0n) is 15.1. The Morgan fingerprint density at radius 1 is 1.23 bits per heavy atom. The summed E-state index contributed by atoms with van der Waals surface area (Å²) in [7, 11) is 0. The van der Waals surface area contributed by atoms with Gasteiger partial charge in [-0.2, -0.15) is 5.10 Å². The first kappa shape index (κ1) is 18.2. The fourth-order valence-electron chi connectivity index (χ4n) is 3.30. The molecule has 1 fully saturated rings. The van der Waals surface area contributed by atoms with Gasteiger partial charge in [-0.05, 0) is 49.9 Å². The molecular formula is C20H26N4O2. The van der Waals surface area contributed by atoms with E-state index in [-0.39, 0.29) is 17.7 Å². The Morgan fingerprint density at radius 2 is 1.96 bits per heavy atom. The lowest BCUT2D eigenvalue weighted by Gasteiger charge is -2.16. The summed E-state index contributed by atoms with van der Waals surface area (Å²) >= 11 is 0. The first-order valence-corrected chi connectivity index (χ1v) is 9.30. The lowest BCUT2D eigenvalue weighted by molar-refractivity contribution is -0.130. The van der Waals surface area contributed by atoms with Crippen LogP contribution in [0.2, 0.25) is 0 Å². The molecule has 0 bridgehead atoms. The smallest absolute Gasteiger partial charge is 0.242 e. The Kier molecular flexibility index (Phi) is 6.04. The van der Waals surface area contributed by atoms with Gasteiger partial charge in [0.1, 0.15) is 6.04 Å². The van der Waals surface area contributed by atoms with Gasteiger partial charge in [-0.1, -0.05) is 25.0 Å². The predicted molar refractivity (Wildman–Crippen MR) is 99.8 cm³/mol. The molecule has 1 saturated carbocycles. The second kappa shape index (κ2) is 8.65. The van der Waals surface area contributed by atoms with Crippen molar-refractivity contribution in [2.45, 2.75) is 45.1 Å². The van der Waals surface area contributed by atoms with Crippen LogP contribution in [0.15, 0.2) is 42.7 Å². The van der Waals surface area contributed by atoms with Gasteiger partial charge in [0.15, 0.2) is 0 Å². The van der Waals surface area contributed by atoms with Gasteiger partial charge >= 0.3 is 0 Å². The van der Waals surface area contributed by atoms with Crippen LogP contribution in [0.4, 0.5) is 0 Å². The van der Waals surface area contributed by atoms with Crippen molar-refractivity contribution in [3.05, 3.63) is 48.3 Å². The van der Waals surface area contributed by atoms with E-state index in [1.54, 1.807) is 17.8 Å². The Bertz CT molecular complexity index is 719. The highest BCUT2D eigenvalue weighted by Crippen LogP contribution is 2.24. The van der Waals surface area contributed by atoms with Gasteiger partial charge in [-0.3, -0.25) is 9.59 Å². The van der Waals surface area contributed by atoms with Crippen LogP contribution in [-0.4, -0.2) is 34.2 Å². The van der Waals surface area contributed by atoms with Crippen LogP contribution < -0.4 is 10.6 Å². The van der Waals surface area contributed by atoms with E-state index in [0.717, 1.165) is 43.4 Å². The lowest BCUT2D eigenvalue weighted by atomic mass is 10.1. The molecule has 2 amide bonds. The third-order valence-electron chi connectivity index (χ3n) is 4.90. The van der Waals surface area contributed by atoms with Crippen molar-refractivity contribution < 1.29 is 9.59 Å². The van der Waals surface area contributed by atoms with Gasteiger partial charge in [0.2, 0.25) is 11.8 Å². The zero-order valence-corrected chi connectivity index (χ0v) is 15.1. The summed E-state index contributed by atoms with van der Waals surface area (Å²) in [6, 6.07) is 9.48. The van der Waals surface area contributed by atoms with Gasteiger partial charge in [0.25, 0.3) is 0 Å². The van der Waals surface area contributed by atoms with E-state index in [1.165, 1.54) is 0 Å². The summed E-state index contributed by atoms with van der Waals surface area (Å²) in [5.74, 6) is -0.0394. The first-order chi connectivity index (χ1) is 12.6. The highest BCUT2D eigenvalue weighted by atomic mass is 16.2. The Hall–Kier alpha value is -2.63. The van der Waals surface area contributed by atoms with Gasteiger partial charge in [-0.15, -0.1) is 0 Å². The normalized spacial score (nSPS) is 15.6. The molecule has 2 aromatic rings. The maximum absolute atomic E-state index is 12.2. The van der Waals surface area contributed by atoms with Crippen LogP contribution in [0.1, 0.15) is 38.2 Å². The summed E-state index contributed by atoms with van der Waals surface area (Å²) < 4.78 is 1.81. The number of hydrogen-bond donors (Lipinski definition) is 2. The summed E-state index contributed by atoms with van der Waals surface area (Å²) in [6.07, 6.45) is 8.49. The van der Waals surface area contributed by atoms with E-state index in [0.29, 0.717) is 6.54 Å². The largest absolute Gasteiger partial charge is 0.354 e. The molecule has 2 N–H and O–H groups in total. The minimum absolute atomic E-state index is 0.0133. The number of nitrogens with zero attached hydrogens (tertiary/aromatic N) is 2. The third-order valence-corrected chi connectivity index (χ3v) is 4.90. The van der Waals surface area contributed by atoms with Gasteiger partial charge < -0.3 is 10.6 Å². The van der Waals surface area contributed by atoms with Gasteiger partial charge in [0.05, 0.1) is 5.69 Å². The van der Waals surface area contributed by atoms with E-state index in [2.05, 4.69) is 15.7 Å². The number of benzene rings is 1. The van der Waals surface area contributed by atoms with Crippen LogP contribution in [0.5, 0.6) is 0 Å². The molecule has 0 radical (unpaired) electrons. The zero-order chi connectivity index (χ0) is 18.4. The van der Waals surface area contributed by atoms with E-state index in [4.69, 9.17) is 0 Å². The minimum atomic E-state index is -0.495. The molecule has 26 heavy (non-hydrogen) atoms. The summed E-state index contributed by atoms with van der Waals surface area (Å²) in [6.45, 7) is 2.28. The molecule has 1 heterocycles. The van der Waals surface area contributed by atoms with Crippen molar-refractivity contribution >= 4 is 11.8 Å². The van der Waals surface area contributed by atoms with Crippen LogP contribution in [0.25, 0.3) is 5.69 Å². The number of aromatic nitrogens is 2. The quantitative estimate of drug-likeness (QED) is 0.800. The molecule has 138 valence electrons. The molecule has 1 atom stereocenters. The molecule has 0 unspecified atom stereocenters. The summed E-state index contributed by atoms with van der Waals surface area (Å²) in [4.78, 5) is 24.2. The van der Waals surface area contributed by atoms with Crippen molar-refractivity contribution in [2.75, 3.05) is 6.54 Å². The summed E-state index contributed by atoms with van der Waals surface area (Å²) in [5.41, 5.74) is 2.15. The second-order valence-electron chi connectivity index (χ2n) is 6.87. The highest BCUT2D eigenvalue weighted by molar-refractivity contribution is 5.88. The topological polar surface area (TPSA) is 76.0 Å². The van der Waals surface area contributed by atoms with Crippen LogP contribution in [-0.2, 0) is 16.0 Å². The second-order valence-corrected chi connectivity index (χ2v) is 6.87. The van der Waals surface area contributed by atoms with Crippen molar-refractivity contribution in [3.63, 3.8) is 0 Å². The monoisotopic (exact) mass is 354 g/mol. The first-order valence-electron chi connectivity index (χ1n) is 9.30. The van der Waals surface area contributed by atoms with Crippen molar-refractivity contribution in [3.8, 4) is 5.69 Å². The Labute approximate surface area is 154 Å². The van der Waals surface area contributed by atoms with E-state index in [1.807, 2.05) is 36.5 Å².